The van der Waals surface area contributed by atoms with Crippen LogP contribution in [0.5, 0.6) is 5.75 Å². The van der Waals surface area contributed by atoms with E-state index in [-0.39, 0.29) is 6.61 Å². The number of nitriles is 1. The summed E-state index contributed by atoms with van der Waals surface area (Å²) >= 11 is 0. The third kappa shape index (κ3) is 4.72. The zero-order valence-corrected chi connectivity index (χ0v) is 17.7. The maximum atomic E-state index is 11.1. The SMILES string of the molecule is C#CC(=O)NCCNc1ccc(-c2cc(OCC3(CO)COC3)cn3ncc(C#N)c23)cn1. The lowest BCUT2D eigenvalue weighted by Crippen LogP contribution is -2.49. The normalized spacial score (nSPS) is 14.0. The zero-order valence-electron chi connectivity index (χ0n) is 17.7. The van der Waals surface area contributed by atoms with Crippen molar-refractivity contribution in [2.45, 2.75) is 0 Å². The van der Waals surface area contributed by atoms with Gasteiger partial charge in [0.05, 0.1) is 48.7 Å². The highest BCUT2D eigenvalue weighted by molar-refractivity contribution is 5.92. The fourth-order valence-corrected chi connectivity index (χ4v) is 3.40. The molecule has 0 aromatic carbocycles. The van der Waals surface area contributed by atoms with Crippen molar-refractivity contribution in [1.82, 2.24) is 19.9 Å². The Morgan fingerprint density at radius 3 is 2.85 bits per heavy atom. The van der Waals surface area contributed by atoms with Gasteiger partial charge in [-0.1, -0.05) is 0 Å². The summed E-state index contributed by atoms with van der Waals surface area (Å²) in [5, 5.41) is 29.1. The van der Waals surface area contributed by atoms with Crippen LogP contribution >= 0.6 is 0 Å². The predicted octanol–water partition coefficient (Wildman–Crippen LogP) is 0.817. The molecule has 4 heterocycles. The first-order valence-electron chi connectivity index (χ1n) is 10.2. The van der Waals surface area contributed by atoms with Gasteiger partial charge in [0.1, 0.15) is 24.2 Å². The summed E-state index contributed by atoms with van der Waals surface area (Å²) < 4.78 is 12.8. The van der Waals surface area contributed by atoms with Gasteiger partial charge in [0.25, 0.3) is 5.91 Å². The molecule has 0 saturated carbocycles. The molecule has 0 atom stereocenters. The summed E-state index contributed by atoms with van der Waals surface area (Å²) in [5.41, 5.74) is 2.20. The Morgan fingerprint density at radius 1 is 1.36 bits per heavy atom. The van der Waals surface area contributed by atoms with Crippen LogP contribution in [-0.2, 0) is 9.53 Å². The molecule has 4 rings (SSSR count). The van der Waals surface area contributed by atoms with E-state index >= 15 is 0 Å². The Balaban J connectivity index is 1.55. The monoisotopic (exact) mass is 446 g/mol. The minimum atomic E-state index is -0.463. The van der Waals surface area contributed by atoms with Crippen LogP contribution in [0.4, 0.5) is 5.82 Å². The minimum Gasteiger partial charge on any atom is -0.491 e. The first kappa shape index (κ1) is 22.1. The highest BCUT2D eigenvalue weighted by atomic mass is 16.5. The molecule has 10 heteroatoms. The van der Waals surface area contributed by atoms with Crippen molar-refractivity contribution in [1.29, 1.82) is 5.26 Å². The van der Waals surface area contributed by atoms with Crippen LogP contribution in [0.15, 0.2) is 36.8 Å². The number of pyridine rings is 2. The number of fused-ring (bicyclic) bond motifs is 1. The molecule has 0 unspecified atom stereocenters. The molecule has 168 valence electrons. The van der Waals surface area contributed by atoms with Crippen LogP contribution in [0.2, 0.25) is 0 Å². The number of aromatic nitrogens is 3. The molecule has 0 spiro atoms. The van der Waals surface area contributed by atoms with Crippen LogP contribution in [-0.4, -0.2) is 65.1 Å². The molecule has 3 aromatic heterocycles. The summed E-state index contributed by atoms with van der Waals surface area (Å²) in [6.07, 6.45) is 9.91. The van der Waals surface area contributed by atoms with E-state index in [0.29, 0.717) is 55.6 Å². The van der Waals surface area contributed by atoms with Crippen molar-refractivity contribution in [2.24, 2.45) is 5.41 Å². The molecule has 1 amide bonds. The molecule has 10 nitrogen and oxygen atoms in total. The smallest absolute Gasteiger partial charge is 0.295 e. The quantitative estimate of drug-likeness (QED) is 0.325. The number of nitrogens with one attached hydrogen (secondary N) is 2. The van der Waals surface area contributed by atoms with Crippen LogP contribution in [0, 0.1) is 29.1 Å². The number of hydrogen-bond donors (Lipinski definition) is 3. The van der Waals surface area contributed by atoms with Crippen LogP contribution < -0.4 is 15.4 Å². The molecule has 1 fully saturated rings. The van der Waals surface area contributed by atoms with Crippen molar-refractivity contribution in [3.63, 3.8) is 0 Å². The Morgan fingerprint density at radius 2 is 2.21 bits per heavy atom. The maximum Gasteiger partial charge on any atom is 0.295 e. The average molecular weight is 446 g/mol. The van der Waals surface area contributed by atoms with E-state index in [4.69, 9.17) is 15.9 Å². The van der Waals surface area contributed by atoms with E-state index in [2.05, 4.69) is 26.8 Å². The van der Waals surface area contributed by atoms with E-state index in [1.165, 1.54) is 6.20 Å². The molecule has 0 radical (unpaired) electrons. The number of amides is 1. The summed E-state index contributed by atoms with van der Waals surface area (Å²) in [6, 6.07) is 7.68. The highest BCUT2D eigenvalue weighted by Gasteiger charge is 2.39. The van der Waals surface area contributed by atoms with Gasteiger partial charge in [-0.25, -0.2) is 9.50 Å². The van der Waals surface area contributed by atoms with Crippen LogP contribution in [0.1, 0.15) is 5.56 Å². The Hall–Kier alpha value is -4.12. The lowest BCUT2D eigenvalue weighted by Gasteiger charge is -2.39. The molecule has 1 aliphatic heterocycles. The first-order chi connectivity index (χ1) is 16.1. The van der Waals surface area contributed by atoms with E-state index < -0.39 is 11.3 Å². The fourth-order valence-electron chi connectivity index (χ4n) is 3.40. The van der Waals surface area contributed by atoms with Crippen LogP contribution in [0.25, 0.3) is 16.6 Å². The van der Waals surface area contributed by atoms with Gasteiger partial charge in [-0.3, -0.25) is 4.79 Å². The lowest BCUT2D eigenvalue weighted by molar-refractivity contribution is -0.153. The first-order valence-corrected chi connectivity index (χ1v) is 10.2. The zero-order chi connectivity index (χ0) is 23.3. The predicted molar refractivity (Wildman–Crippen MR) is 119 cm³/mol. The molecule has 0 aliphatic carbocycles. The van der Waals surface area contributed by atoms with Crippen molar-refractivity contribution in [2.75, 3.05) is 44.8 Å². The van der Waals surface area contributed by atoms with Crippen molar-refractivity contribution >= 4 is 17.2 Å². The van der Waals surface area contributed by atoms with Crippen LogP contribution in [0.3, 0.4) is 0 Å². The number of aliphatic hydroxyl groups is 1. The number of terminal acetylenes is 1. The second-order valence-electron chi connectivity index (χ2n) is 7.75. The molecule has 3 N–H and O–H groups in total. The van der Waals surface area contributed by atoms with Crippen molar-refractivity contribution in [3.8, 4) is 35.3 Å². The lowest BCUT2D eigenvalue weighted by atomic mass is 9.88. The second kappa shape index (κ2) is 9.57. The van der Waals surface area contributed by atoms with Gasteiger partial charge >= 0.3 is 0 Å². The van der Waals surface area contributed by atoms with E-state index in [1.54, 1.807) is 23.0 Å². The Kier molecular flexibility index (Phi) is 6.41. The number of rotatable bonds is 9. The highest BCUT2D eigenvalue weighted by Crippen LogP contribution is 2.33. The standard InChI is InChI=1S/C23H22N6O4/c1-2-21(31)26-6-5-25-20-4-3-16(9-27-20)19-7-18(33-15-23(12-30)13-32-14-23)11-29-22(19)17(8-24)10-28-29/h1,3-4,7,9-11,30H,5-6,12-15H2,(H,25,27)(H,26,31). The van der Waals surface area contributed by atoms with Crippen molar-refractivity contribution in [3.05, 3.63) is 42.4 Å². The number of aliphatic hydroxyl groups excluding tert-OH is 1. The summed E-state index contributed by atoms with van der Waals surface area (Å²) in [5.74, 6) is 2.71. The molecule has 1 aliphatic rings. The number of carbonyl (C=O) groups is 1. The van der Waals surface area contributed by atoms with Gasteiger partial charge in [-0.05, 0) is 24.1 Å². The molecular weight excluding hydrogens is 424 g/mol. The number of hydrogen-bond acceptors (Lipinski definition) is 8. The minimum absolute atomic E-state index is 0.0206. The van der Waals surface area contributed by atoms with E-state index in [0.717, 1.165) is 11.1 Å². The van der Waals surface area contributed by atoms with Gasteiger partial charge in [0, 0.05) is 30.4 Å². The summed E-state index contributed by atoms with van der Waals surface area (Å²) in [6.45, 7) is 2.01. The maximum absolute atomic E-state index is 11.1. The number of ether oxygens (including phenoxy) is 2. The molecule has 0 bridgehead atoms. The topological polar surface area (TPSA) is 134 Å². The third-order valence-electron chi connectivity index (χ3n) is 5.33. The molecule has 33 heavy (non-hydrogen) atoms. The molecule has 3 aromatic rings. The van der Waals surface area contributed by atoms with E-state index in [1.807, 2.05) is 18.1 Å². The second-order valence-corrected chi connectivity index (χ2v) is 7.75. The van der Waals surface area contributed by atoms with Gasteiger partial charge in [-0.15, -0.1) is 6.42 Å². The van der Waals surface area contributed by atoms with Gasteiger partial charge in [0.2, 0.25) is 0 Å². The molecular formula is C23H22N6O4. The number of anilines is 1. The number of nitrogens with zero attached hydrogens (tertiary/aromatic N) is 4. The fraction of sp³-hybridized carbons (Fsp3) is 0.304. The third-order valence-corrected chi connectivity index (χ3v) is 5.33. The van der Waals surface area contributed by atoms with Gasteiger partial charge in [-0.2, -0.15) is 10.4 Å². The summed E-state index contributed by atoms with van der Waals surface area (Å²) in [4.78, 5) is 15.5. The Labute approximate surface area is 190 Å². The number of carbonyl (C=O) groups excluding carboxylic acids is 1. The summed E-state index contributed by atoms with van der Waals surface area (Å²) in [7, 11) is 0. The van der Waals surface area contributed by atoms with Gasteiger partial charge < -0.3 is 25.2 Å². The molecule has 1 saturated heterocycles. The average Bonchev–Trinajstić information content (AvgIpc) is 3.24. The van der Waals surface area contributed by atoms with Crippen molar-refractivity contribution < 1.29 is 19.4 Å². The van der Waals surface area contributed by atoms with Gasteiger partial charge in [0.15, 0.2) is 0 Å². The largest absolute Gasteiger partial charge is 0.491 e. The van der Waals surface area contributed by atoms with E-state index in [9.17, 15) is 15.2 Å². The Bertz CT molecular complexity index is 1230.